The van der Waals surface area contributed by atoms with Gasteiger partial charge in [-0.1, -0.05) is 38.1 Å². The van der Waals surface area contributed by atoms with Gasteiger partial charge in [0.15, 0.2) is 0 Å². The van der Waals surface area contributed by atoms with Crippen molar-refractivity contribution < 1.29 is 17.9 Å². The number of ether oxygens (including phenoxy) is 1. The highest BCUT2D eigenvalue weighted by atomic mass is 32.2. The number of methoxy groups -OCH3 is 1. The average Bonchev–Trinajstić information content (AvgIpc) is 2.70. The summed E-state index contributed by atoms with van der Waals surface area (Å²) in [6.45, 7) is 8.32. The van der Waals surface area contributed by atoms with E-state index in [4.69, 9.17) is 4.74 Å². The summed E-state index contributed by atoms with van der Waals surface area (Å²) in [5.74, 6) is 0.650. The van der Waals surface area contributed by atoms with Crippen LogP contribution in [0.15, 0.2) is 47.4 Å². The van der Waals surface area contributed by atoms with Crippen LogP contribution in [0, 0.1) is 6.92 Å². The number of carbonyl (C=O) groups is 1. The van der Waals surface area contributed by atoms with Gasteiger partial charge in [-0.05, 0) is 48.7 Å². The number of amides is 1. The van der Waals surface area contributed by atoms with Gasteiger partial charge in [0, 0.05) is 13.1 Å². The van der Waals surface area contributed by atoms with Crippen molar-refractivity contribution in [1.82, 2.24) is 9.62 Å². The molecule has 0 bridgehead atoms. The van der Waals surface area contributed by atoms with Gasteiger partial charge in [-0.25, -0.2) is 8.42 Å². The van der Waals surface area contributed by atoms with Crippen molar-refractivity contribution >= 4 is 15.9 Å². The molecule has 29 heavy (non-hydrogen) atoms. The Kier molecular flexibility index (Phi) is 7.81. The van der Waals surface area contributed by atoms with Crippen molar-refractivity contribution in [1.29, 1.82) is 0 Å². The first kappa shape index (κ1) is 22.9. The Morgan fingerprint density at radius 2 is 1.72 bits per heavy atom. The minimum Gasteiger partial charge on any atom is -0.496 e. The molecule has 0 aliphatic carbocycles. The molecule has 0 aliphatic rings. The quantitative estimate of drug-likeness (QED) is 0.677. The second kappa shape index (κ2) is 9.89. The molecule has 1 atom stereocenters. The molecule has 2 aromatic carbocycles. The Morgan fingerprint density at radius 3 is 2.28 bits per heavy atom. The third-order valence-corrected chi connectivity index (χ3v) is 7.00. The van der Waals surface area contributed by atoms with Crippen molar-refractivity contribution in [2.75, 3.05) is 20.2 Å². The Hall–Kier alpha value is -2.38. The van der Waals surface area contributed by atoms with Crippen molar-refractivity contribution in [3.63, 3.8) is 0 Å². The first-order valence-corrected chi connectivity index (χ1v) is 11.2. The second-order valence-corrected chi connectivity index (χ2v) is 8.87. The molecule has 0 saturated carbocycles. The van der Waals surface area contributed by atoms with Crippen molar-refractivity contribution in [2.24, 2.45) is 0 Å². The summed E-state index contributed by atoms with van der Waals surface area (Å²) in [7, 11) is -1.87. The van der Waals surface area contributed by atoms with E-state index < -0.39 is 10.0 Å². The van der Waals surface area contributed by atoms with Gasteiger partial charge in [0.05, 0.1) is 24.5 Å². The number of rotatable bonds is 9. The maximum absolute atomic E-state index is 12.6. The molecule has 7 heteroatoms. The van der Waals surface area contributed by atoms with E-state index in [0.29, 0.717) is 13.1 Å². The smallest absolute Gasteiger partial charge is 0.243 e. The lowest BCUT2D eigenvalue weighted by Gasteiger charge is -2.19. The van der Waals surface area contributed by atoms with Crippen LogP contribution >= 0.6 is 0 Å². The fraction of sp³-hybridized carbons (Fsp3) is 0.409. The summed E-state index contributed by atoms with van der Waals surface area (Å²) in [5.41, 5.74) is 2.74. The third-order valence-electron chi connectivity index (χ3n) is 4.94. The van der Waals surface area contributed by atoms with E-state index in [9.17, 15) is 13.2 Å². The van der Waals surface area contributed by atoms with Crippen molar-refractivity contribution in [3.8, 4) is 5.75 Å². The number of nitrogens with one attached hydrogen (secondary N) is 1. The molecule has 2 aromatic rings. The maximum atomic E-state index is 12.6. The standard InChI is InChI=1S/C22H30N2O4S/c1-6-24(7-2)29(26,27)20-12-10-19(11-13-20)17(4)23-22(25)15-18-9-8-16(3)21(14-18)28-5/h8-14,17H,6-7,15H2,1-5H3,(H,23,25)/t17-/m0/s1. The molecule has 0 saturated heterocycles. The van der Waals surface area contributed by atoms with Crippen LogP contribution in [0.25, 0.3) is 0 Å². The van der Waals surface area contributed by atoms with Gasteiger partial charge < -0.3 is 10.1 Å². The number of hydrogen-bond donors (Lipinski definition) is 1. The molecule has 0 heterocycles. The zero-order chi connectivity index (χ0) is 21.6. The number of aryl methyl sites for hydroxylation is 1. The highest BCUT2D eigenvalue weighted by Gasteiger charge is 2.21. The topological polar surface area (TPSA) is 75.7 Å². The van der Waals surface area contributed by atoms with E-state index >= 15 is 0 Å². The van der Waals surface area contributed by atoms with E-state index in [-0.39, 0.29) is 23.3 Å². The second-order valence-electron chi connectivity index (χ2n) is 6.93. The van der Waals surface area contributed by atoms with E-state index in [0.717, 1.165) is 22.4 Å². The Bertz CT molecular complexity index is 936. The van der Waals surface area contributed by atoms with Crippen LogP contribution in [-0.2, 0) is 21.2 Å². The SMILES string of the molecule is CCN(CC)S(=O)(=O)c1ccc([C@H](C)NC(=O)Cc2ccc(C)c(OC)c2)cc1. The number of hydrogen-bond acceptors (Lipinski definition) is 4. The van der Waals surface area contributed by atoms with Gasteiger partial charge >= 0.3 is 0 Å². The lowest BCUT2D eigenvalue weighted by Crippen LogP contribution is -2.30. The van der Waals surface area contributed by atoms with Gasteiger partial charge in [0.25, 0.3) is 0 Å². The molecule has 2 rings (SSSR count). The summed E-state index contributed by atoms with van der Waals surface area (Å²) >= 11 is 0. The average molecular weight is 419 g/mol. The number of benzene rings is 2. The summed E-state index contributed by atoms with van der Waals surface area (Å²) < 4.78 is 31.9. The van der Waals surface area contributed by atoms with Gasteiger partial charge in [0.2, 0.25) is 15.9 Å². The Morgan fingerprint density at radius 1 is 1.10 bits per heavy atom. The Balaban J connectivity index is 2.05. The summed E-state index contributed by atoms with van der Waals surface area (Å²) in [6.07, 6.45) is 0.245. The van der Waals surface area contributed by atoms with E-state index in [1.54, 1.807) is 31.4 Å². The van der Waals surface area contributed by atoms with Gasteiger partial charge in [-0.2, -0.15) is 4.31 Å². The predicted molar refractivity (Wildman–Crippen MR) is 115 cm³/mol. The predicted octanol–water partition coefficient (Wildman–Crippen LogP) is 3.45. The molecular formula is C22H30N2O4S. The molecule has 0 unspecified atom stereocenters. The van der Waals surface area contributed by atoms with Crippen molar-refractivity contribution in [2.45, 2.75) is 45.1 Å². The van der Waals surface area contributed by atoms with Crippen molar-refractivity contribution in [3.05, 3.63) is 59.2 Å². The van der Waals surface area contributed by atoms with Crippen LogP contribution in [0.5, 0.6) is 5.75 Å². The highest BCUT2D eigenvalue weighted by molar-refractivity contribution is 7.89. The summed E-state index contributed by atoms with van der Waals surface area (Å²) in [4.78, 5) is 12.7. The molecule has 1 amide bonds. The summed E-state index contributed by atoms with van der Waals surface area (Å²) in [6, 6.07) is 12.2. The van der Waals surface area contributed by atoms with Crippen LogP contribution in [0.1, 0.15) is 43.5 Å². The zero-order valence-electron chi connectivity index (χ0n) is 17.7. The number of sulfonamides is 1. The minimum atomic E-state index is -3.48. The van der Waals surface area contributed by atoms with Crippen LogP contribution in [0.4, 0.5) is 0 Å². The largest absolute Gasteiger partial charge is 0.496 e. The van der Waals surface area contributed by atoms with Crippen LogP contribution in [0.3, 0.4) is 0 Å². The van der Waals surface area contributed by atoms with E-state index in [1.165, 1.54) is 4.31 Å². The zero-order valence-corrected chi connectivity index (χ0v) is 18.5. The van der Waals surface area contributed by atoms with E-state index in [1.807, 2.05) is 45.9 Å². The van der Waals surface area contributed by atoms with Crippen LogP contribution in [-0.4, -0.2) is 38.8 Å². The fourth-order valence-electron chi connectivity index (χ4n) is 3.18. The Labute approximate surface area is 173 Å². The third kappa shape index (κ3) is 5.58. The van der Waals surface area contributed by atoms with Gasteiger partial charge in [0.1, 0.15) is 5.75 Å². The number of nitrogens with zero attached hydrogens (tertiary/aromatic N) is 1. The molecule has 1 N–H and O–H groups in total. The molecule has 0 radical (unpaired) electrons. The maximum Gasteiger partial charge on any atom is 0.243 e. The first-order chi connectivity index (χ1) is 13.7. The lowest BCUT2D eigenvalue weighted by molar-refractivity contribution is -0.121. The van der Waals surface area contributed by atoms with Crippen LogP contribution in [0.2, 0.25) is 0 Å². The van der Waals surface area contributed by atoms with Gasteiger partial charge in [-0.15, -0.1) is 0 Å². The van der Waals surface area contributed by atoms with Crippen LogP contribution < -0.4 is 10.1 Å². The number of carbonyl (C=O) groups excluding carboxylic acids is 1. The highest BCUT2D eigenvalue weighted by Crippen LogP contribution is 2.21. The fourth-order valence-corrected chi connectivity index (χ4v) is 4.63. The van der Waals surface area contributed by atoms with E-state index in [2.05, 4.69) is 5.32 Å². The monoisotopic (exact) mass is 418 g/mol. The molecule has 0 aromatic heterocycles. The minimum absolute atomic E-state index is 0.108. The first-order valence-electron chi connectivity index (χ1n) is 9.75. The molecular weight excluding hydrogens is 388 g/mol. The normalized spacial score (nSPS) is 12.6. The molecule has 0 fully saturated rings. The lowest BCUT2D eigenvalue weighted by atomic mass is 10.1. The molecule has 0 spiro atoms. The molecule has 6 nitrogen and oxygen atoms in total. The van der Waals surface area contributed by atoms with Gasteiger partial charge in [-0.3, -0.25) is 4.79 Å². The molecule has 158 valence electrons. The summed E-state index contributed by atoms with van der Waals surface area (Å²) in [5, 5.41) is 2.96. The molecule has 0 aliphatic heterocycles.